The molecule has 0 aliphatic rings. The first kappa shape index (κ1) is 30.2. The van der Waals surface area contributed by atoms with E-state index >= 15 is 0 Å². The quantitative estimate of drug-likeness (QED) is 0.288. The van der Waals surface area contributed by atoms with Crippen molar-refractivity contribution in [2.45, 2.75) is 52.4 Å². The van der Waals surface area contributed by atoms with Crippen molar-refractivity contribution in [2.75, 3.05) is 37.9 Å². The summed E-state index contributed by atoms with van der Waals surface area (Å²) in [5.74, 6) is 1.47. The zero-order valence-electron chi connectivity index (χ0n) is 22.5. The Morgan fingerprint density at radius 2 is 1.08 bits per heavy atom. The topological polar surface area (TPSA) is 112 Å². The first-order chi connectivity index (χ1) is 17.3. The molecule has 0 bridgehead atoms. The second-order valence-electron chi connectivity index (χ2n) is 10.5. The lowest BCUT2D eigenvalue weighted by molar-refractivity contribution is -0.146. The Bertz CT molecular complexity index is 970. The summed E-state index contributed by atoms with van der Waals surface area (Å²) in [5.41, 5.74) is 0.950. The van der Waals surface area contributed by atoms with Gasteiger partial charge in [0, 0.05) is 22.6 Å². The number of aromatic hydroxyl groups is 2. The van der Waals surface area contributed by atoms with E-state index in [9.17, 15) is 19.8 Å². The smallest absolute Gasteiger partial charge is 0.344 e. The maximum atomic E-state index is 11.9. The summed E-state index contributed by atoms with van der Waals surface area (Å²) >= 11 is 1.49. The number of thioether (sulfide) groups is 1. The van der Waals surface area contributed by atoms with Crippen LogP contribution in [-0.4, -0.2) is 60.1 Å². The molecule has 2 rings (SSSR count). The summed E-state index contributed by atoms with van der Waals surface area (Å²) in [5, 5.41) is 20.0. The number of hydrogen-bond donors (Lipinski definition) is 2. The van der Waals surface area contributed by atoms with Crippen molar-refractivity contribution in [3.63, 3.8) is 0 Å². The third-order valence-corrected chi connectivity index (χ3v) is 6.16. The molecule has 2 aromatic rings. The van der Waals surface area contributed by atoms with Gasteiger partial charge in [0.05, 0.1) is 0 Å². The lowest BCUT2D eigenvalue weighted by atomic mass is 9.86. The van der Waals surface area contributed by atoms with Crippen molar-refractivity contribution >= 4 is 23.7 Å². The van der Waals surface area contributed by atoms with E-state index in [-0.39, 0.29) is 48.8 Å². The molecular formula is C28H38O8S. The van der Waals surface area contributed by atoms with Crippen molar-refractivity contribution < 1.29 is 38.7 Å². The van der Waals surface area contributed by atoms with Gasteiger partial charge < -0.3 is 29.2 Å². The number of benzene rings is 2. The van der Waals surface area contributed by atoms with E-state index < -0.39 is 11.9 Å². The Morgan fingerprint density at radius 3 is 1.43 bits per heavy atom. The van der Waals surface area contributed by atoms with Crippen LogP contribution in [0.4, 0.5) is 0 Å². The molecule has 0 aliphatic carbocycles. The van der Waals surface area contributed by atoms with Crippen LogP contribution >= 0.6 is 11.8 Å². The third-order valence-electron chi connectivity index (χ3n) is 5.25. The predicted octanol–water partition coefficient (Wildman–Crippen LogP) is 4.97. The predicted molar refractivity (Wildman–Crippen MR) is 144 cm³/mol. The zero-order chi connectivity index (χ0) is 27.6. The molecule has 204 valence electrons. The van der Waals surface area contributed by atoms with Crippen LogP contribution in [0.15, 0.2) is 36.4 Å². The summed E-state index contributed by atoms with van der Waals surface area (Å²) in [6.07, 6.45) is 0. The fourth-order valence-electron chi connectivity index (χ4n) is 3.31. The van der Waals surface area contributed by atoms with Crippen LogP contribution in [0.5, 0.6) is 23.0 Å². The number of hydrogen-bond acceptors (Lipinski definition) is 9. The highest BCUT2D eigenvalue weighted by Gasteiger charge is 2.20. The number of esters is 2. The fourth-order valence-corrected chi connectivity index (χ4v) is 3.92. The summed E-state index contributed by atoms with van der Waals surface area (Å²) in [6.45, 7) is 11.8. The monoisotopic (exact) mass is 534 g/mol. The molecule has 9 heteroatoms. The molecule has 0 heterocycles. The van der Waals surface area contributed by atoms with Crippen LogP contribution in [0.1, 0.15) is 52.7 Å². The van der Waals surface area contributed by atoms with Crippen molar-refractivity contribution in [1.82, 2.24) is 0 Å². The molecule has 2 aromatic carbocycles. The van der Waals surface area contributed by atoms with Gasteiger partial charge in [0.25, 0.3) is 0 Å². The maximum Gasteiger partial charge on any atom is 0.344 e. The van der Waals surface area contributed by atoms with Crippen molar-refractivity contribution in [3.05, 3.63) is 47.5 Å². The van der Waals surface area contributed by atoms with Crippen LogP contribution in [0.2, 0.25) is 0 Å². The van der Waals surface area contributed by atoms with E-state index in [1.807, 2.05) is 41.5 Å². The van der Waals surface area contributed by atoms with E-state index in [0.29, 0.717) is 23.0 Å². The Balaban J connectivity index is 1.57. The summed E-state index contributed by atoms with van der Waals surface area (Å²) in [6, 6.07) is 9.75. The molecule has 2 N–H and O–H groups in total. The van der Waals surface area contributed by atoms with Crippen LogP contribution in [0.3, 0.4) is 0 Å². The van der Waals surface area contributed by atoms with E-state index in [1.165, 1.54) is 11.8 Å². The molecule has 0 atom stereocenters. The van der Waals surface area contributed by atoms with Gasteiger partial charge in [-0.25, -0.2) is 9.59 Å². The number of carbonyl (C=O) groups is 2. The van der Waals surface area contributed by atoms with Gasteiger partial charge in [0.2, 0.25) is 0 Å². The summed E-state index contributed by atoms with van der Waals surface area (Å²) in [7, 11) is 0. The molecular weight excluding hydrogens is 496 g/mol. The Labute approximate surface area is 223 Å². The average molecular weight is 535 g/mol. The minimum atomic E-state index is -0.488. The van der Waals surface area contributed by atoms with E-state index in [0.717, 1.165) is 11.1 Å². The second-order valence-corrected chi connectivity index (χ2v) is 11.7. The number of rotatable bonds is 12. The SMILES string of the molecule is CC(C)(C)c1cc(OCC(=O)OCCSCCOC(=O)COc2ccc(O)c(C(C)(C)C)c2)ccc1O. The highest BCUT2D eigenvalue weighted by molar-refractivity contribution is 7.99. The summed E-state index contributed by atoms with van der Waals surface area (Å²) < 4.78 is 21.3. The van der Waals surface area contributed by atoms with Crippen molar-refractivity contribution in [2.24, 2.45) is 0 Å². The molecule has 0 aliphatic heterocycles. The molecule has 0 saturated heterocycles. The molecule has 37 heavy (non-hydrogen) atoms. The first-order valence-corrected chi connectivity index (χ1v) is 13.2. The Hall–Kier alpha value is -3.07. The standard InChI is InChI=1S/C28H38O8S/c1-27(2,3)21-15-19(7-9-23(21)29)35-17-25(31)33-11-13-37-14-12-34-26(32)18-36-20-8-10-24(30)22(16-20)28(4,5)6/h7-10,15-16,29-30H,11-14,17-18H2,1-6H3. The van der Waals surface area contributed by atoms with Gasteiger partial charge in [-0.1, -0.05) is 41.5 Å². The highest BCUT2D eigenvalue weighted by Crippen LogP contribution is 2.34. The lowest BCUT2D eigenvalue weighted by Gasteiger charge is -2.21. The lowest BCUT2D eigenvalue weighted by Crippen LogP contribution is -2.18. The van der Waals surface area contributed by atoms with Crippen molar-refractivity contribution in [1.29, 1.82) is 0 Å². The van der Waals surface area contributed by atoms with Gasteiger partial charge in [-0.05, 0) is 47.2 Å². The van der Waals surface area contributed by atoms with Gasteiger partial charge in [-0.15, -0.1) is 0 Å². The molecule has 0 amide bonds. The van der Waals surface area contributed by atoms with Crippen molar-refractivity contribution in [3.8, 4) is 23.0 Å². The fraction of sp³-hybridized carbons (Fsp3) is 0.500. The molecule has 0 spiro atoms. The molecule has 0 aromatic heterocycles. The Kier molecular flexibility index (Phi) is 11.0. The number of phenolic OH excluding ortho intramolecular Hbond substituents is 2. The van der Waals surface area contributed by atoms with Crippen LogP contribution in [-0.2, 0) is 29.9 Å². The molecule has 0 unspecified atom stereocenters. The first-order valence-electron chi connectivity index (χ1n) is 12.1. The van der Waals surface area contributed by atoms with E-state index in [1.54, 1.807) is 36.4 Å². The average Bonchev–Trinajstić information content (AvgIpc) is 2.80. The summed E-state index contributed by atoms with van der Waals surface area (Å²) in [4.78, 5) is 23.8. The second kappa shape index (κ2) is 13.5. The maximum absolute atomic E-state index is 11.9. The van der Waals surface area contributed by atoms with Gasteiger partial charge in [-0.2, -0.15) is 11.8 Å². The zero-order valence-corrected chi connectivity index (χ0v) is 23.3. The van der Waals surface area contributed by atoms with Gasteiger partial charge >= 0.3 is 11.9 Å². The number of phenols is 2. The third kappa shape index (κ3) is 10.4. The number of ether oxygens (including phenoxy) is 4. The minimum Gasteiger partial charge on any atom is -0.508 e. The number of carbonyl (C=O) groups excluding carboxylic acids is 2. The highest BCUT2D eigenvalue weighted by atomic mass is 32.2. The molecule has 0 radical (unpaired) electrons. The van der Waals surface area contributed by atoms with Crippen LogP contribution in [0.25, 0.3) is 0 Å². The van der Waals surface area contributed by atoms with Crippen LogP contribution in [0, 0.1) is 0 Å². The normalized spacial score (nSPS) is 11.6. The van der Waals surface area contributed by atoms with Gasteiger partial charge in [-0.3, -0.25) is 0 Å². The Morgan fingerprint density at radius 1 is 0.703 bits per heavy atom. The van der Waals surface area contributed by atoms with E-state index in [4.69, 9.17) is 18.9 Å². The van der Waals surface area contributed by atoms with E-state index in [2.05, 4.69) is 0 Å². The van der Waals surface area contributed by atoms with Gasteiger partial charge in [0.1, 0.15) is 36.2 Å². The largest absolute Gasteiger partial charge is 0.508 e. The van der Waals surface area contributed by atoms with Gasteiger partial charge in [0.15, 0.2) is 13.2 Å². The van der Waals surface area contributed by atoms with Crippen LogP contribution < -0.4 is 9.47 Å². The molecule has 8 nitrogen and oxygen atoms in total. The minimum absolute atomic E-state index is 0.185. The molecule has 0 fully saturated rings. The molecule has 0 saturated carbocycles.